The maximum absolute atomic E-state index is 7.13. The summed E-state index contributed by atoms with van der Waals surface area (Å²) >= 11 is 6.08. The summed E-state index contributed by atoms with van der Waals surface area (Å²) in [6.45, 7) is 7.60. The normalized spacial score (nSPS) is 15.8. The van der Waals surface area contributed by atoms with Gasteiger partial charge in [0, 0.05) is 24.7 Å². The Bertz CT molecular complexity index is 870. The summed E-state index contributed by atoms with van der Waals surface area (Å²) in [5.41, 5.74) is 1.63. The molecule has 0 amide bonds. The minimum atomic E-state index is 0.156. The van der Waals surface area contributed by atoms with Crippen molar-refractivity contribution in [3.8, 4) is 11.4 Å². The van der Waals surface area contributed by atoms with Gasteiger partial charge in [0.15, 0.2) is 5.82 Å². The van der Waals surface area contributed by atoms with E-state index in [0.717, 1.165) is 11.2 Å². The monoisotopic (exact) mass is 312 g/mol. The van der Waals surface area contributed by atoms with E-state index in [0.29, 0.717) is 23.4 Å². The predicted octanol–water partition coefficient (Wildman–Crippen LogP) is 3.12. The first-order valence-corrected chi connectivity index (χ1v) is 7.51. The van der Waals surface area contributed by atoms with Gasteiger partial charge in [-0.25, -0.2) is 16.5 Å². The third-order valence-electron chi connectivity index (χ3n) is 4.00. The zero-order valence-corrected chi connectivity index (χ0v) is 12.5. The summed E-state index contributed by atoms with van der Waals surface area (Å²) in [4.78, 5) is 12.2. The lowest BCUT2D eigenvalue weighted by Gasteiger charge is -2.10. The Morgan fingerprint density at radius 1 is 1.45 bits per heavy atom. The predicted molar refractivity (Wildman–Crippen MR) is 82.4 cm³/mol. The average Bonchev–Trinajstić information content (AvgIpc) is 3.04. The van der Waals surface area contributed by atoms with Gasteiger partial charge in [-0.2, -0.15) is 5.10 Å². The number of halogens is 1. The molecule has 1 atom stereocenters. The van der Waals surface area contributed by atoms with E-state index < -0.39 is 0 Å². The fourth-order valence-electron chi connectivity index (χ4n) is 2.76. The quantitative estimate of drug-likeness (QED) is 0.549. The second kappa shape index (κ2) is 5.11. The van der Waals surface area contributed by atoms with Crippen LogP contribution in [0.4, 0.5) is 0 Å². The van der Waals surface area contributed by atoms with Gasteiger partial charge in [-0.05, 0) is 18.8 Å². The van der Waals surface area contributed by atoms with Crippen molar-refractivity contribution in [1.82, 2.24) is 24.1 Å². The fraction of sp³-hybridized carbons (Fsp3) is 0.333. The first-order chi connectivity index (χ1) is 10.8. The third-order valence-corrected chi connectivity index (χ3v) is 4.20. The Kier molecular flexibility index (Phi) is 3.09. The van der Waals surface area contributed by atoms with Crippen molar-refractivity contribution < 1.29 is 0 Å². The molecular formula is C15H13ClN6. The molecule has 3 aromatic heterocycles. The molecule has 4 rings (SSSR count). The lowest BCUT2D eigenvalue weighted by atomic mass is 10.2. The molecule has 3 heterocycles. The Hall–Kier alpha value is -2.39. The fourth-order valence-corrected chi connectivity index (χ4v) is 2.93. The Morgan fingerprint density at radius 2 is 2.32 bits per heavy atom. The second-order valence-corrected chi connectivity index (χ2v) is 5.90. The molecule has 0 bridgehead atoms. The summed E-state index contributed by atoms with van der Waals surface area (Å²) in [7, 11) is 0. The zero-order chi connectivity index (χ0) is 15.1. The number of hydrogen-bond donors (Lipinski definition) is 0. The van der Waals surface area contributed by atoms with Crippen LogP contribution in [0.3, 0.4) is 0 Å². The molecule has 1 aliphatic rings. The highest BCUT2D eigenvalue weighted by atomic mass is 35.5. The first kappa shape index (κ1) is 13.3. The first-order valence-electron chi connectivity index (χ1n) is 7.13. The largest absolute Gasteiger partial charge is 0.315 e. The van der Waals surface area contributed by atoms with Gasteiger partial charge in [0.05, 0.1) is 11.8 Å². The van der Waals surface area contributed by atoms with Crippen LogP contribution in [0.1, 0.15) is 18.9 Å². The smallest absolute Gasteiger partial charge is 0.237 e. The van der Waals surface area contributed by atoms with Crippen LogP contribution in [-0.4, -0.2) is 30.7 Å². The molecular weight excluding hydrogens is 300 g/mol. The van der Waals surface area contributed by atoms with Gasteiger partial charge >= 0.3 is 0 Å². The third kappa shape index (κ3) is 2.24. The van der Waals surface area contributed by atoms with E-state index in [1.807, 2.05) is 21.5 Å². The molecule has 1 aliphatic carbocycles. The minimum absolute atomic E-state index is 0.156. The van der Waals surface area contributed by atoms with Gasteiger partial charge < -0.3 is 4.85 Å². The number of nitrogens with zero attached hydrogens (tertiary/aromatic N) is 6. The summed E-state index contributed by atoms with van der Waals surface area (Å²) in [5, 5.41) is 4.85. The number of aromatic nitrogens is 5. The Morgan fingerprint density at radius 3 is 3.09 bits per heavy atom. The molecule has 6 nitrogen and oxygen atoms in total. The molecule has 0 saturated heterocycles. The van der Waals surface area contributed by atoms with Crippen molar-refractivity contribution in [3.05, 3.63) is 47.4 Å². The molecule has 1 fully saturated rings. The van der Waals surface area contributed by atoms with Crippen molar-refractivity contribution in [2.24, 2.45) is 5.92 Å². The minimum Gasteiger partial charge on any atom is -0.315 e. The summed E-state index contributed by atoms with van der Waals surface area (Å²) < 4.78 is 3.78. The van der Waals surface area contributed by atoms with Crippen molar-refractivity contribution >= 4 is 17.2 Å². The van der Waals surface area contributed by atoms with Crippen LogP contribution in [0.15, 0.2) is 30.9 Å². The SMILES string of the molecule is [C-]#[N+]CC(C1CC1)n1cc(-c2nc(Cl)cc3nccn23)cn1. The van der Waals surface area contributed by atoms with Gasteiger partial charge in [-0.1, -0.05) is 11.6 Å². The van der Waals surface area contributed by atoms with E-state index in [1.165, 1.54) is 12.8 Å². The van der Waals surface area contributed by atoms with Gasteiger partial charge in [0.1, 0.15) is 16.8 Å². The molecule has 1 unspecified atom stereocenters. The highest BCUT2D eigenvalue weighted by Gasteiger charge is 2.35. The zero-order valence-electron chi connectivity index (χ0n) is 11.7. The van der Waals surface area contributed by atoms with Crippen molar-refractivity contribution in [2.75, 3.05) is 6.54 Å². The lowest BCUT2D eigenvalue weighted by molar-refractivity contribution is 0.431. The number of rotatable bonds is 4. The summed E-state index contributed by atoms with van der Waals surface area (Å²) in [5.74, 6) is 1.28. The summed E-state index contributed by atoms with van der Waals surface area (Å²) in [6, 6.07) is 1.88. The maximum Gasteiger partial charge on any atom is 0.237 e. The highest BCUT2D eigenvalue weighted by Crippen LogP contribution is 2.40. The van der Waals surface area contributed by atoms with Crippen LogP contribution < -0.4 is 0 Å². The number of imidazole rings is 1. The van der Waals surface area contributed by atoms with Crippen LogP contribution in [0.25, 0.3) is 21.9 Å². The molecule has 0 aliphatic heterocycles. The van der Waals surface area contributed by atoms with Gasteiger partial charge in [-0.15, -0.1) is 0 Å². The second-order valence-electron chi connectivity index (χ2n) is 5.51. The van der Waals surface area contributed by atoms with Crippen molar-refractivity contribution in [1.29, 1.82) is 0 Å². The topological polar surface area (TPSA) is 52.4 Å². The van der Waals surface area contributed by atoms with E-state index in [4.69, 9.17) is 18.2 Å². The van der Waals surface area contributed by atoms with Gasteiger partial charge in [0.25, 0.3) is 0 Å². The van der Waals surface area contributed by atoms with E-state index in [9.17, 15) is 0 Å². The molecule has 0 aromatic carbocycles. The molecule has 0 spiro atoms. The molecule has 0 N–H and O–H groups in total. The molecule has 1 saturated carbocycles. The molecule has 7 heteroatoms. The van der Waals surface area contributed by atoms with Crippen molar-refractivity contribution in [3.63, 3.8) is 0 Å². The van der Waals surface area contributed by atoms with Crippen LogP contribution in [0, 0.1) is 12.5 Å². The Balaban J connectivity index is 1.77. The van der Waals surface area contributed by atoms with E-state index in [1.54, 1.807) is 18.5 Å². The number of fused-ring (bicyclic) bond motifs is 1. The van der Waals surface area contributed by atoms with Crippen LogP contribution in [-0.2, 0) is 0 Å². The van der Waals surface area contributed by atoms with Gasteiger partial charge in [0.2, 0.25) is 6.54 Å². The van der Waals surface area contributed by atoms with E-state index in [2.05, 4.69) is 19.9 Å². The van der Waals surface area contributed by atoms with Crippen LogP contribution in [0.2, 0.25) is 5.15 Å². The summed E-state index contributed by atoms with van der Waals surface area (Å²) in [6.07, 6.45) is 9.65. The molecule has 110 valence electrons. The Labute approximate surface area is 132 Å². The number of hydrogen-bond acceptors (Lipinski definition) is 3. The van der Waals surface area contributed by atoms with Crippen LogP contribution in [0.5, 0.6) is 0 Å². The maximum atomic E-state index is 7.13. The molecule has 0 radical (unpaired) electrons. The lowest BCUT2D eigenvalue weighted by Crippen LogP contribution is -2.14. The molecule has 22 heavy (non-hydrogen) atoms. The standard InChI is InChI=1S/C15H13ClN6/c1-17-8-12(10-2-3-10)22-9-11(7-19-22)15-20-13(16)6-14-18-4-5-21(14)15/h4-7,9-10,12H,2-3,8H2. The van der Waals surface area contributed by atoms with E-state index in [-0.39, 0.29) is 6.04 Å². The highest BCUT2D eigenvalue weighted by molar-refractivity contribution is 6.29. The van der Waals surface area contributed by atoms with Gasteiger partial charge in [-0.3, -0.25) is 9.08 Å². The van der Waals surface area contributed by atoms with Crippen LogP contribution >= 0.6 is 11.6 Å². The van der Waals surface area contributed by atoms with E-state index >= 15 is 0 Å². The average molecular weight is 313 g/mol. The van der Waals surface area contributed by atoms with Crippen molar-refractivity contribution in [2.45, 2.75) is 18.9 Å². The molecule has 3 aromatic rings.